The zero-order valence-corrected chi connectivity index (χ0v) is 24.2. The Kier molecular flexibility index (Phi) is 22.8. The van der Waals surface area contributed by atoms with E-state index in [1.165, 1.54) is 158 Å². The first-order chi connectivity index (χ1) is 17.3. The van der Waals surface area contributed by atoms with Gasteiger partial charge in [0.15, 0.2) is 0 Å². The van der Waals surface area contributed by atoms with Crippen LogP contribution >= 0.6 is 0 Å². The molecule has 0 aliphatic carbocycles. The maximum atomic E-state index is 5.06. The Morgan fingerprint density at radius 1 is 0.457 bits per heavy atom. The van der Waals surface area contributed by atoms with Crippen LogP contribution in [0.5, 0.6) is 0 Å². The van der Waals surface area contributed by atoms with Crippen LogP contribution < -0.4 is 0 Å². The Balaban J connectivity index is 2.16. The third kappa shape index (κ3) is 20.0. The molecule has 0 saturated heterocycles. The third-order valence-electron chi connectivity index (χ3n) is 7.53. The van der Waals surface area contributed by atoms with Gasteiger partial charge in [-0.15, -0.1) is 0 Å². The number of pyridine rings is 1. The predicted octanol–water partition coefficient (Wildman–Crippen LogP) is 11.6. The van der Waals surface area contributed by atoms with E-state index in [1.807, 2.05) is 0 Å². The highest BCUT2D eigenvalue weighted by Gasteiger charge is 2.04. The van der Waals surface area contributed by atoms with E-state index in [0.29, 0.717) is 0 Å². The second-order valence-electron chi connectivity index (χ2n) is 11.1. The molecule has 0 unspecified atom stereocenters. The van der Waals surface area contributed by atoms with Crippen LogP contribution in [0, 0.1) is 6.92 Å². The summed E-state index contributed by atoms with van der Waals surface area (Å²) in [6, 6.07) is 4.73. The smallest absolute Gasteiger partial charge is 0.0409 e. The van der Waals surface area contributed by atoms with Crippen LogP contribution in [0.2, 0.25) is 0 Å². The topological polar surface area (TPSA) is 12.9 Å². The van der Waals surface area contributed by atoms with Gasteiger partial charge in [-0.05, 0) is 56.2 Å². The van der Waals surface area contributed by atoms with E-state index >= 15 is 0 Å². The molecule has 0 spiro atoms. The molecule has 1 aromatic rings. The lowest BCUT2D eigenvalue weighted by molar-refractivity contribution is 0.547. The molecule has 1 radical (unpaired) electrons. The average Bonchev–Trinajstić information content (AvgIpc) is 2.86. The Bertz CT molecular complexity index is 519. The number of unbranched alkanes of at least 4 members (excludes halogenated alkanes) is 20. The minimum atomic E-state index is 0.986. The molecule has 1 aromatic heterocycles. The summed E-state index contributed by atoms with van der Waals surface area (Å²) in [7, 11) is 0. The maximum Gasteiger partial charge on any atom is 0.0409 e. The van der Waals surface area contributed by atoms with Crippen LogP contribution in [-0.2, 0) is 19.3 Å². The van der Waals surface area contributed by atoms with Crippen LogP contribution in [0.1, 0.15) is 178 Å². The molecule has 0 aliphatic heterocycles. The van der Waals surface area contributed by atoms with Gasteiger partial charge in [-0.25, -0.2) is 0 Å². The monoisotopic (exact) mass is 484 g/mol. The van der Waals surface area contributed by atoms with E-state index in [9.17, 15) is 0 Å². The summed E-state index contributed by atoms with van der Waals surface area (Å²) in [5.41, 5.74) is 4.14. The molecule has 0 atom stereocenters. The second kappa shape index (κ2) is 24.8. The number of rotatable bonds is 26. The van der Waals surface area contributed by atoms with Gasteiger partial charge in [0.25, 0.3) is 0 Å². The summed E-state index contributed by atoms with van der Waals surface area (Å²) in [6.07, 6.45) is 35.4. The zero-order valence-electron chi connectivity index (χ0n) is 24.2. The van der Waals surface area contributed by atoms with Gasteiger partial charge in [0.05, 0.1) is 0 Å². The first-order valence-electron chi connectivity index (χ1n) is 16.1. The number of hydrogen-bond acceptors (Lipinski definition) is 1. The van der Waals surface area contributed by atoms with Crippen molar-refractivity contribution in [3.63, 3.8) is 0 Å². The van der Waals surface area contributed by atoms with Crippen LogP contribution in [-0.4, -0.2) is 4.98 Å². The zero-order chi connectivity index (χ0) is 25.2. The molecule has 0 aliphatic rings. The first kappa shape index (κ1) is 32.2. The lowest BCUT2D eigenvalue weighted by atomic mass is 10.0. The normalized spacial score (nSPS) is 11.4. The SMILES string of the molecule is [CH2]CCc1cc(CCCCCCCCCCCCC)nc(CCCCCCCCCCCCC)c1. The molecule has 35 heavy (non-hydrogen) atoms. The van der Waals surface area contributed by atoms with Crippen molar-refractivity contribution < 1.29 is 0 Å². The highest BCUT2D eigenvalue weighted by Crippen LogP contribution is 2.17. The van der Waals surface area contributed by atoms with Gasteiger partial charge < -0.3 is 0 Å². The summed E-state index contributed by atoms with van der Waals surface area (Å²) in [6.45, 7) is 8.68. The molecule has 1 heteroatoms. The molecule has 0 amide bonds. The van der Waals surface area contributed by atoms with Gasteiger partial charge in [0.2, 0.25) is 0 Å². The highest BCUT2D eigenvalue weighted by molar-refractivity contribution is 5.22. The van der Waals surface area contributed by atoms with Gasteiger partial charge in [-0.2, -0.15) is 0 Å². The van der Waals surface area contributed by atoms with Gasteiger partial charge in [0, 0.05) is 11.4 Å². The molecule has 1 nitrogen and oxygen atoms in total. The maximum absolute atomic E-state index is 5.06. The molecule has 0 saturated carbocycles. The largest absolute Gasteiger partial charge is 0.258 e. The molecule has 1 rings (SSSR count). The molecule has 0 fully saturated rings. The van der Waals surface area contributed by atoms with E-state index in [1.54, 1.807) is 0 Å². The van der Waals surface area contributed by atoms with Crippen molar-refractivity contribution in [2.24, 2.45) is 0 Å². The lowest BCUT2D eigenvalue weighted by Gasteiger charge is -2.09. The standard InChI is InChI=1S/C34H62N/c1-4-7-9-11-13-15-17-19-21-23-25-28-33-30-32(27-6-3)31-34(35-33)29-26-24-22-20-18-16-14-12-10-8-5-2/h30-31H,3-29H2,1-2H3. The summed E-state index contributed by atoms with van der Waals surface area (Å²) < 4.78 is 0. The Labute approximate surface area is 221 Å². The second-order valence-corrected chi connectivity index (χ2v) is 11.1. The molecule has 1 heterocycles. The average molecular weight is 485 g/mol. The molecule has 0 aromatic carbocycles. The molecule has 0 N–H and O–H groups in total. The molecular weight excluding hydrogens is 422 g/mol. The Morgan fingerprint density at radius 2 is 0.771 bits per heavy atom. The third-order valence-corrected chi connectivity index (χ3v) is 7.53. The van der Waals surface area contributed by atoms with E-state index in [4.69, 9.17) is 4.98 Å². The number of aromatic nitrogens is 1. The Morgan fingerprint density at radius 3 is 1.09 bits per heavy atom. The lowest BCUT2D eigenvalue weighted by Crippen LogP contribution is -2.00. The van der Waals surface area contributed by atoms with Crippen molar-refractivity contribution in [3.05, 3.63) is 36.0 Å². The van der Waals surface area contributed by atoms with Crippen molar-refractivity contribution in [2.45, 2.75) is 181 Å². The fourth-order valence-electron chi connectivity index (χ4n) is 5.26. The molecule has 0 bridgehead atoms. The number of aryl methyl sites for hydroxylation is 3. The van der Waals surface area contributed by atoms with Gasteiger partial charge in [0.1, 0.15) is 0 Å². The quantitative estimate of drug-likeness (QED) is 0.119. The summed E-state index contributed by atoms with van der Waals surface area (Å²) in [5, 5.41) is 0. The van der Waals surface area contributed by atoms with E-state index in [2.05, 4.69) is 32.9 Å². The van der Waals surface area contributed by atoms with Crippen molar-refractivity contribution in [3.8, 4) is 0 Å². The number of nitrogens with zero attached hydrogens (tertiary/aromatic N) is 1. The molecular formula is C34H62N. The minimum absolute atomic E-state index is 0.986. The first-order valence-corrected chi connectivity index (χ1v) is 16.1. The van der Waals surface area contributed by atoms with Crippen LogP contribution in [0.25, 0.3) is 0 Å². The van der Waals surface area contributed by atoms with E-state index in [0.717, 1.165) is 25.7 Å². The predicted molar refractivity (Wildman–Crippen MR) is 158 cm³/mol. The summed E-state index contributed by atoms with van der Waals surface area (Å²) in [4.78, 5) is 5.06. The summed E-state index contributed by atoms with van der Waals surface area (Å²) >= 11 is 0. The minimum Gasteiger partial charge on any atom is -0.258 e. The van der Waals surface area contributed by atoms with Crippen molar-refractivity contribution in [1.29, 1.82) is 0 Å². The van der Waals surface area contributed by atoms with E-state index < -0.39 is 0 Å². The fraction of sp³-hybridized carbons (Fsp3) is 0.824. The van der Waals surface area contributed by atoms with Gasteiger partial charge >= 0.3 is 0 Å². The highest BCUT2D eigenvalue weighted by atomic mass is 14.7. The van der Waals surface area contributed by atoms with E-state index in [-0.39, 0.29) is 0 Å². The van der Waals surface area contributed by atoms with Crippen molar-refractivity contribution in [1.82, 2.24) is 4.98 Å². The number of hydrogen-bond donors (Lipinski definition) is 0. The fourth-order valence-corrected chi connectivity index (χ4v) is 5.26. The van der Waals surface area contributed by atoms with Gasteiger partial charge in [-0.1, -0.05) is 149 Å². The van der Waals surface area contributed by atoms with Crippen LogP contribution in [0.4, 0.5) is 0 Å². The Hall–Kier alpha value is -0.850. The van der Waals surface area contributed by atoms with Crippen molar-refractivity contribution in [2.75, 3.05) is 0 Å². The molecule has 203 valence electrons. The van der Waals surface area contributed by atoms with Crippen molar-refractivity contribution >= 4 is 0 Å². The van der Waals surface area contributed by atoms with Crippen LogP contribution in [0.15, 0.2) is 12.1 Å². The van der Waals surface area contributed by atoms with Gasteiger partial charge in [-0.3, -0.25) is 4.98 Å². The summed E-state index contributed by atoms with van der Waals surface area (Å²) in [5.74, 6) is 0. The van der Waals surface area contributed by atoms with Crippen LogP contribution in [0.3, 0.4) is 0 Å².